The third-order valence-corrected chi connectivity index (χ3v) is 6.57. The Morgan fingerprint density at radius 3 is 2.36 bits per heavy atom. The summed E-state index contributed by atoms with van der Waals surface area (Å²) in [6.07, 6.45) is 0. The van der Waals surface area contributed by atoms with Crippen LogP contribution in [0, 0.1) is 13.8 Å². The van der Waals surface area contributed by atoms with Crippen molar-refractivity contribution in [1.82, 2.24) is 0 Å². The maximum atomic E-state index is 13.0. The highest BCUT2D eigenvalue weighted by molar-refractivity contribution is 7.92. The molecule has 2 N–H and O–H groups in total. The quantitative estimate of drug-likeness (QED) is 0.448. The van der Waals surface area contributed by atoms with E-state index < -0.39 is 21.9 Å². The van der Waals surface area contributed by atoms with Gasteiger partial charge in [0, 0.05) is 11.3 Å². The standard InChI is InChI=1S/C24H23ClN2O5S/c1-4-32-24(29)18-10-11-21(20(25)13-18)26-23(28)17-9-8-16(3)22(14-17)33(30,31)27-19-7-5-6-15(2)12-19/h5-14,27H,4H2,1-3H3,(H,26,28). The maximum absolute atomic E-state index is 13.0. The molecule has 3 rings (SSSR count). The Morgan fingerprint density at radius 2 is 1.70 bits per heavy atom. The summed E-state index contributed by atoms with van der Waals surface area (Å²) in [5.74, 6) is -1.07. The molecule has 0 saturated carbocycles. The normalized spacial score (nSPS) is 11.0. The fraction of sp³-hybridized carbons (Fsp3) is 0.167. The molecule has 0 aliphatic rings. The van der Waals surface area contributed by atoms with E-state index >= 15 is 0 Å². The van der Waals surface area contributed by atoms with E-state index in [0.717, 1.165) is 5.56 Å². The average molecular weight is 487 g/mol. The molecule has 0 aliphatic heterocycles. The van der Waals surface area contributed by atoms with Crippen molar-refractivity contribution in [1.29, 1.82) is 0 Å². The van der Waals surface area contributed by atoms with Gasteiger partial charge >= 0.3 is 5.97 Å². The minimum absolute atomic E-state index is 0.0135. The minimum Gasteiger partial charge on any atom is -0.462 e. The van der Waals surface area contributed by atoms with Crippen LogP contribution in [0.3, 0.4) is 0 Å². The molecule has 0 saturated heterocycles. The molecular formula is C24H23ClN2O5S. The number of ether oxygens (including phenoxy) is 1. The molecule has 3 aromatic rings. The third-order valence-electron chi connectivity index (χ3n) is 4.74. The van der Waals surface area contributed by atoms with Gasteiger partial charge in [0.25, 0.3) is 15.9 Å². The first-order valence-electron chi connectivity index (χ1n) is 10.1. The number of anilines is 2. The zero-order valence-corrected chi connectivity index (χ0v) is 19.9. The fourth-order valence-electron chi connectivity index (χ4n) is 3.10. The first-order valence-corrected chi connectivity index (χ1v) is 11.9. The van der Waals surface area contributed by atoms with Gasteiger partial charge < -0.3 is 10.1 Å². The van der Waals surface area contributed by atoms with E-state index in [9.17, 15) is 18.0 Å². The molecule has 0 heterocycles. The van der Waals surface area contributed by atoms with Crippen LogP contribution in [-0.2, 0) is 14.8 Å². The van der Waals surface area contributed by atoms with Crippen LogP contribution in [0.4, 0.5) is 11.4 Å². The van der Waals surface area contributed by atoms with E-state index in [1.807, 2.05) is 13.0 Å². The summed E-state index contributed by atoms with van der Waals surface area (Å²) in [5.41, 5.74) is 2.49. The Morgan fingerprint density at radius 1 is 0.970 bits per heavy atom. The van der Waals surface area contributed by atoms with E-state index in [-0.39, 0.29) is 33.3 Å². The molecule has 0 atom stereocenters. The Hall–Kier alpha value is -3.36. The van der Waals surface area contributed by atoms with Gasteiger partial charge in [-0.1, -0.05) is 29.8 Å². The van der Waals surface area contributed by atoms with Crippen molar-refractivity contribution in [3.05, 3.63) is 87.9 Å². The van der Waals surface area contributed by atoms with Crippen LogP contribution in [-0.4, -0.2) is 26.9 Å². The van der Waals surface area contributed by atoms with Crippen LogP contribution in [0.15, 0.2) is 65.6 Å². The van der Waals surface area contributed by atoms with E-state index in [4.69, 9.17) is 16.3 Å². The second-order valence-corrected chi connectivity index (χ2v) is 9.38. The molecule has 0 aliphatic carbocycles. The van der Waals surface area contributed by atoms with Gasteiger partial charge in [-0.25, -0.2) is 13.2 Å². The lowest BCUT2D eigenvalue weighted by molar-refractivity contribution is 0.0526. The highest BCUT2D eigenvalue weighted by Crippen LogP contribution is 2.26. The number of aryl methyl sites for hydroxylation is 2. The molecule has 1 amide bonds. The zero-order valence-electron chi connectivity index (χ0n) is 18.3. The highest BCUT2D eigenvalue weighted by atomic mass is 35.5. The summed E-state index contributed by atoms with van der Waals surface area (Å²) in [6, 6.07) is 15.7. The topological polar surface area (TPSA) is 102 Å². The van der Waals surface area contributed by atoms with Crippen LogP contribution in [0.5, 0.6) is 0 Å². The van der Waals surface area contributed by atoms with Crippen LogP contribution in [0.1, 0.15) is 38.8 Å². The molecule has 172 valence electrons. The number of nitrogens with one attached hydrogen (secondary N) is 2. The summed E-state index contributed by atoms with van der Waals surface area (Å²) in [4.78, 5) is 24.6. The van der Waals surface area contributed by atoms with Crippen molar-refractivity contribution in [3.8, 4) is 0 Å². The van der Waals surface area contributed by atoms with Crippen LogP contribution < -0.4 is 10.0 Å². The number of rotatable bonds is 7. The second kappa shape index (κ2) is 10.1. The lowest BCUT2D eigenvalue weighted by Gasteiger charge is -2.13. The number of sulfonamides is 1. The monoisotopic (exact) mass is 486 g/mol. The average Bonchev–Trinajstić information content (AvgIpc) is 2.75. The summed E-state index contributed by atoms with van der Waals surface area (Å²) in [5, 5.41) is 2.79. The number of hydrogen-bond acceptors (Lipinski definition) is 5. The molecule has 0 aromatic heterocycles. The Balaban J connectivity index is 1.84. The first kappa shape index (κ1) is 24.3. The van der Waals surface area contributed by atoms with Crippen molar-refractivity contribution in [3.63, 3.8) is 0 Å². The number of halogens is 1. The fourth-order valence-corrected chi connectivity index (χ4v) is 4.65. The number of hydrogen-bond donors (Lipinski definition) is 2. The summed E-state index contributed by atoms with van der Waals surface area (Å²) in [6.45, 7) is 5.43. The Bertz CT molecular complexity index is 1320. The van der Waals surface area contributed by atoms with Crippen molar-refractivity contribution in [2.24, 2.45) is 0 Å². The predicted molar refractivity (Wildman–Crippen MR) is 129 cm³/mol. The van der Waals surface area contributed by atoms with E-state index in [0.29, 0.717) is 11.3 Å². The molecule has 7 nitrogen and oxygen atoms in total. The van der Waals surface area contributed by atoms with Crippen molar-refractivity contribution >= 4 is 44.9 Å². The summed E-state index contributed by atoms with van der Waals surface area (Å²) in [7, 11) is -3.93. The molecule has 0 radical (unpaired) electrons. The lowest BCUT2D eigenvalue weighted by Crippen LogP contribution is -2.17. The van der Waals surface area contributed by atoms with Gasteiger partial charge in [0.05, 0.1) is 27.8 Å². The second-order valence-electron chi connectivity index (χ2n) is 7.32. The van der Waals surface area contributed by atoms with Crippen molar-refractivity contribution < 1.29 is 22.7 Å². The van der Waals surface area contributed by atoms with E-state index in [2.05, 4.69) is 10.0 Å². The molecule has 0 spiro atoms. The minimum atomic E-state index is -3.93. The molecule has 0 bridgehead atoms. The largest absolute Gasteiger partial charge is 0.462 e. The molecule has 33 heavy (non-hydrogen) atoms. The van der Waals surface area contributed by atoms with Crippen LogP contribution in [0.25, 0.3) is 0 Å². The number of amides is 1. The van der Waals surface area contributed by atoms with Gasteiger partial charge in [0.15, 0.2) is 0 Å². The number of esters is 1. The van der Waals surface area contributed by atoms with Crippen LogP contribution >= 0.6 is 11.6 Å². The Labute approximate surface area is 197 Å². The number of benzene rings is 3. The van der Waals surface area contributed by atoms with Gasteiger partial charge in [0.1, 0.15) is 0 Å². The highest BCUT2D eigenvalue weighted by Gasteiger charge is 2.20. The summed E-state index contributed by atoms with van der Waals surface area (Å²) < 4.78 is 33.4. The van der Waals surface area contributed by atoms with E-state index in [1.54, 1.807) is 38.1 Å². The third kappa shape index (κ3) is 5.91. The van der Waals surface area contributed by atoms with Crippen LogP contribution in [0.2, 0.25) is 5.02 Å². The van der Waals surface area contributed by atoms with Gasteiger partial charge in [-0.15, -0.1) is 0 Å². The van der Waals surface area contributed by atoms with Crippen molar-refractivity contribution in [2.75, 3.05) is 16.6 Å². The molecule has 3 aromatic carbocycles. The van der Waals surface area contributed by atoms with Gasteiger partial charge in [0.2, 0.25) is 0 Å². The SMILES string of the molecule is CCOC(=O)c1ccc(NC(=O)c2ccc(C)c(S(=O)(=O)Nc3cccc(C)c3)c2)c(Cl)c1. The van der Waals surface area contributed by atoms with Gasteiger partial charge in [-0.3, -0.25) is 9.52 Å². The first-order chi connectivity index (χ1) is 15.6. The lowest BCUT2D eigenvalue weighted by atomic mass is 10.1. The summed E-state index contributed by atoms with van der Waals surface area (Å²) >= 11 is 6.21. The smallest absolute Gasteiger partial charge is 0.338 e. The molecular weight excluding hydrogens is 464 g/mol. The zero-order chi connectivity index (χ0) is 24.2. The molecule has 0 unspecified atom stereocenters. The van der Waals surface area contributed by atoms with Gasteiger partial charge in [-0.05, 0) is 74.4 Å². The molecule has 9 heteroatoms. The van der Waals surface area contributed by atoms with Gasteiger partial charge in [-0.2, -0.15) is 0 Å². The predicted octanol–water partition coefficient (Wildman–Crippen LogP) is 5.19. The number of carbonyl (C=O) groups excluding carboxylic acids is 2. The Kier molecular flexibility index (Phi) is 7.40. The number of carbonyl (C=O) groups is 2. The van der Waals surface area contributed by atoms with Crippen molar-refractivity contribution in [2.45, 2.75) is 25.7 Å². The maximum Gasteiger partial charge on any atom is 0.338 e. The van der Waals surface area contributed by atoms with E-state index in [1.165, 1.54) is 30.3 Å². The molecule has 0 fully saturated rings.